The summed E-state index contributed by atoms with van der Waals surface area (Å²) in [6.07, 6.45) is 3.42. The van der Waals surface area contributed by atoms with Crippen LogP contribution >= 0.6 is 0 Å². The molecule has 2 atom stereocenters. The lowest BCUT2D eigenvalue weighted by Gasteiger charge is -2.09. The van der Waals surface area contributed by atoms with Gasteiger partial charge in [0.15, 0.2) is 5.82 Å². The SMILES string of the molecule is CCC(C)NS(=O)c1cn(C)c(C(=O)Nc2ccnc(C#N)c2)c1F. The van der Waals surface area contributed by atoms with E-state index < -0.39 is 22.7 Å². The standard InChI is InChI=1S/C16H18FN5O2S/c1-4-10(2)21-25(24)13-9-22(3)15(14(13)17)16(23)20-11-5-6-19-12(7-11)8-18/h5-7,9-10,21H,4H2,1-3H3,(H,19,20,23). The highest BCUT2D eigenvalue weighted by Gasteiger charge is 2.24. The molecule has 0 radical (unpaired) electrons. The van der Waals surface area contributed by atoms with Gasteiger partial charge in [-0.05, 0) is 25.5 Å². The summed E-state index contributed by atoms with van der Waals surface area (Å²) in [6.45, 7) is 3.75. The average molecular weight is 363 g/mol. The second-order valence-electron chi connectivity index (χ2n) is 5.46. The van der Waals surface area contributed by atoms with Crippen LogP contribution in [0.25, 0.3) is 0 Å². The van der Waals surface area contributed by atoms with Gasteiger partial charge in [-0.15, -0.1) is 0 Å². The Kier molecular flexibility index (Phi) is 6.01. The molecule has 132 valence electrons. The van der Waals surface area contributed by atoms with E-state index in [2.05, 4.69) is 15.0 Å². The van der Waals surface area contributed by atoms with Crippen molar-refractivity contribution in [1.29, 1.82) is 5.26 Å². The van der Waals surface area contributed by atoms with Crippen LogP contribution < -0.4 is 10.0 Å². The molecule has 2 aromatic heterocycles. The summed E-state index contributed by atoms with van der Waals surface area (Å²) in [5.41, 5.74) is 0.201. The molecule has 0 fully saturated rings. The summed E-state index contributed by atoms with van der Waals surface area (Å²) in [7, 11) is -0.266. The normalized spacial score (nSPS) is 13.1. The first-order valence-electron chi connectivity index (χ1n) is 7.57. The van der Waals surface area contributed by atoms with Crippen LogP contribution in [0.15, 0.2) is 29.4 Å². The largest absolute Gasteiger partial charge is 0.343 e. The second kappa shape index (κ2) is 8.00. The second-order valence-corrected chi connectivity index (χ2v) is 6.67. The summed E-state index contributed by atoms with van der Waals surface area (Å²) in [6, 6.07) is 4.67. The first kappa shape index (κ1) is 18.8. The third kappa shape index (κ3) is 4.29. The molecule has 0 bridgehead atoms. The number of hydrogen-bond acceptors (Lipinski definition) is 4. The number of pyridine rings is 1. The third-order valence-corrected chi connectivity index (χ3v) is 4.86. The Balaban J connectivity index is 2.26. The van der Waals surface area contributed by atoms with E-state index in [1.807, 2.05) is 19.9 Å². The van der Waals surface area contributed by atoms with Gasteiger partial charge in [0.1, 0.15) is 33.3 Å². The van der Waals surface area contributed by atoms with E-state index >= 15 is 0 Å². The molecule has 0 aliphatic carbocycles. The molecular weight excluding hydrogens is 345 g/mol. The molecule has 9 heteroatoms. The molecule has 0 aliphatic rings. The molecule has 2 unspecified atom stereocenters. The van der Waals surface area contributed by atoms with Gasteiger partial charge in [0.05, 0.1) is 0 Å². The number of rotatable bonds is 6. The van der Waals surface area contributed by atoms with Crippen molar-refractivity contribution >= 4 is 22.6 Å². The molecule has 0 aromatic carbocycles. The first-order valence-corrected chi connectivity index (χ1v) is 8.72. The summed E-state index contributed by atoms with van der Waals surface area (Å²) >= 11 is 0. The van der Waals surface area contributed by atoms with Crippen molar-refractivity contribution in [2.45, 2.75) is 31.2 Å². The number of aryl methyl sites for hydroxylation is 1. The minimum Gasteiger partial charge on any atom is -0.343 e. The maximum Gasteiger partial charge on any atom is 0.275 e. The lowest BCUT2D eigenvalue weighted by molar-refractivity contribution is 0.101. The highest BCUT2D eigenvalue weighted by Crippen LogP contribution is 2.20. The van der Waals surface area contributed by atoms with Crippen LogP contribution in [-0.4, -0.2) is 25.7 Å². The molecule has 0 saturated carbocycles. The van der Waals surface area contributed by atoms with Crippen LogP contribution in [0, 0.1) is 17.1 Å². The van der Waals surface area contributed by atoms with Crippen LogP contribution in [-0.2, 0) is 18.0 Å². The van der Waals surface area contributed by atoms with Gasteiger partial charge in [-0.3, -0.25) is 4.79 Å². The van der Waals surface area contributed by atoms with Crippen molar-refractivity contribution in [1.82, 2.24) is 14.3 Å². The number of aromatic nitrogens is 2. The number of hydrogen-bond donors (Lipinski definition) is 2. The van der Waals surface area contributed by atoms with Crippen molar-refractivity contribution < 1.29 is 13.4 Å². The third-order valence-electron chi connectivity index (χ3n) is 3.56. The molecule has 2 N–H and O–H groups in total. The highest BCUT2D eigenvalue weighted by atomic mass is 32.2. The average Bonchev–Trinajstić information content (AvgIpc) is 2.89. The maximum atomic E-state index is 14.6. The van der Waals surface area contributed by atoms with Crippen molar-refractivity contribution in [3.8, 4) is 6.07 Å². The van der Waals surface area contributed by atoms with Crippen LogP contribution in [0.5, 0.6) is 0 Å². The van der Waals surface area contributed by atoms with Crippen LogP contribution in [0.3, 0.4) is 0 Å². The summed E-state index contributed by atoms with van der Waals surface area (Å²) in [5.74, 6) is -1.55. The zero-order chi connectivity index (χ0) is 18.6. The number of halogens is 1. The van der Waals surface area contributed by atoms with Crippen molar-refractivity contribution in [3.05, 3.63) is 41.7 Å². The molecular formula is C16H18FN5O2S. The van der Waals surface area contributed by atoms with E-state index in [9.17, 15) is 13.4 Å². The van der Waals surface area contributed by atoms with Crippen molar-refractivity contribution in [2.24, 2.45) is 7.05 Å². The summed E-state index contributed by atoms with van der Waals surface area (Å²) < 4.78 is 30.9. The van der Waals surface area contributed by atoms with Crippen LogP contribution in [0.2, 0.25) is 0 Å². The van der Waals surface area contributed by atoms with E-state index in [1.54, 1.807) is 0 Å². The van der Waals surface area contributed by atoms with Gasteiger partial charge in [0.2, 0.25) is 0 Å². The molecule has 0 spiro atoms. The lowest BCUT2D eigenvalue weighted by atomic mass is 10.3. The molecule has 2 heterocycles. The number of carbonyl (C=O) groups excluding carboxylic acids is 1. The van der Waals surface area contributed by atoms with E-state index in [-0.39, 0.29) is 22.3 Å². The molecule has 2 aromatic rings. The minimum atomic E-state index is -1.76. The molecule has 25 heavy (non-hydrogen) atoms. The maximum absolute atomic E-state index is 14.6. The summed E-state index contributed by atoms with van der Waals surface area (Å²) in [4.78, 5) is 16.1. The molecule has 0 aliphatic heterocycles. The quantitative estimate of drug-likeness (QED) is 0.821. The fraction of sp³-hybridized carbons (Fsp3) is 0.312. The Morgan fingerprint density at radius 3 is 2.92 bits per heavy atom. The Morgan fingerprint density at radius 1 is 1.56 bits per heavy atom. The van der Waals surface area contributed by atoms with Gasteiger partial charge in [-0.2, -0.15) is 5.26 Å². The number of nitrogens with zero attached hydrogens (tertiary/aromatic N) is 3. The Hall–Kier alpha value is -2.57. The predicted octanol–water partition coefficient (Wildman–Crippen LogP) is 2.09. The highest BCUT2D eigenvalue weighted by molar-refractivity contribution is 7.83. The van der Waals surface area contributed by atoms with Gasteiger partial charge < -0.3 is 9.88 Å². The number of carbonyl (C=O) groups is 1. The topological polar surface area (TPSA) is 99.8 Å². The Labute approximate surface area is 147 Å². The van der Waals surface area contributed by atoms with E-state index in [0.29, 0.717) is 5.69 Å². The van der Waals surface area contributed by atoms with E-state index in [0.717, 1.165) is 6.42 Å². The lowest BCUT2D eigenvalue weighted by Crippen LogP contribution is -2.27. The fourth-order valence-corrected chi connectivity index (χ4v) is 3.22. The number of nitrogens with one attached hydrogen (secondary N) is 2. The number of anilines is 1. The Morgan fingerprint density at radius 2 is 2.28 bits per heavy atom. The van der Waals surface area contributed by atoms with Crippen LogP contribution in [0.4, 0.5) is 10.1 Å². The van der Waals surface area contributed by atoms with Gasteiger partial charge in [0, 0.05) is 31.2 Å². The first-order chi connectivity index (χ1) is 11.9. The zero-order valence-electron chi connectivity index (χ0n) is 14.0. The summed E-state index contributed by atoms with van der Waals surface area (Å²) in [5, 5.41) is 11.3. The molecule has 0 saturated heterocycles. The van der Waals surface area contributed by atoms with Gasteiger partial charge >= 0.3 is 0 Å². The molecule has 2 rings (SSSR count). The number of amides is 1. The molecule has 1 amide bonds. The van der Waals surface area contributed by atoms with Gasteiger partial charge in [-0.25, -0.2) is 18.3 Å². The van der Waals surface area contributed by atoms with Crippen molar-refractivity contribution in [2.75, 3.05) is 5.32 Å². The smallest absolute Gasteiger partial charge is 0.275 e. The van der Waals surface area contributed by atoms with Gasteiger partial charge in [0.25, 0.3) is 5.91 Å². The number of nitriles is 1. The van der Waals surface area contributed by atoms with Gasteiger partial charge in [-0.1, -0.05) is 6.92 Å². The van der Waals surface area contributed by atoms with E-state index in [4.69, 9.17) is 5.26 Å². The monoisotopic (exact) mass is 363 g/mol. The zero-order valence-corrected chi connectivity index (χ0v) is 14.9. The minimum absolute atomic E-state index is 0.0565. The molecule has 7 nitrogen and oxygen atoms in total. The van der Waals surface area contributed by atoms with E-state index in [1.165, 1.54) is 36.1 Å². The predicted molar refractivity (Wildman–Crippen MR) is 91.6 cm³/mol. The van der Waals surface area contributed by atoms with Crippen molar-refractivity contribution in [3.63, 3.8) is 0 Å². The fourth-order valence-electron chi connectivity index (χ4n) is 2.05. The van der Waals surface area contributed by atoms with Crippen LogP contribution in [0.1, 0.15) is 36.5 Å². The Bertz CT molecular complexity index is 859.